The maximum absolute atomic E-state index is 5.45. The van der Waals surface area contributed by atoms with Crippen molar-refractivity contribution in [2.45, 2.75) is 13.2 Å². The second-order valence-electron chi connectivity index (χ2n) is 4.53. The van der Waals surface area contributed by atoms with E-state index in [2.05, 4.69) is 33.2 Å². The number of imidazole rings is 2. The average molecular weight is 252 g/mol. The van der Waals surface area contributed by atoms with E-state index in [-0.39, 0.29) is 0 Å². The van der Waals surface area contributed by atoms with E-state index in [0.717, 1.165) is 17.2 Å². The van der Waals surface area contributed by atoms with Gasteiger partial charge < -0.3 is 9.72 Å². The van der Waals surface area contributed by atoms with Crippen LogP contribution in [0.25, 0.3) is 17.2 Å². The highest BCUT2D eigenvalue weighted by atomic mass is 16.5. The van der Waals surface area contributed by atoms with Crippen LogP contribution in [0.4, 0.5) is 0 Å². The van der Waals surface area contributed by atoms with Gasteiger partial charge in [0.2, 0.25) is 0 Å². The van der Waals surface area contributed by atoms with E-state index in [1.54, 1.807) is 18.7 Å². The highest BCUT2D eigenvalue weighted by Gasteiger charge is 2.14. The molecule has 1 aliphatic rings. The minimum atomic E-state index is 0.692. The number of aromatic nitrogens is 4. The number of ether oxygens (including phenoxy) is 1. The van der Waals surface area contributed by atoms with Crippen LogP contribution >= 0.6 is 0 Å². The van der Waals surface area contributed by atoms with Crippen molar-refractivity contribution in [3.63, 3.8) is 0 Å². The lowest BCUT2D eigenvalue weighted by Gasteiger charge is -2.08. The Balaban J connectivity index is 1.83. The first kappa shape index (κ1) is 10.5. The van der Waals surface area contributed by atoms with Crippen LogP contribution in [0.2, 0.25) is 0 Å². The summed E-state index contributed by atoms with van der Waals surface area (Å²) < 4.78 is 7.50. The Morgan fingerprint density at radius 1 is 1.21 bits per heavy atom. The summed E-state index contributed by atoms with van der Waals surface area (Å²) in [6, 6.07) is 6.37. The fourth-order valence-corrected chi connectivity index (χ4v) is 2.40. The maximum Gasteiger partial charge on any atom is 0.162 e. The van der Waals surface area contributed by atoms with E-state index in [0.29, 0.717) is 13.2 Å². The average Bonchev–Trinajstić information content (AvgIpc) is 3.18. The van der Waals surface area contributed by atoms with Crippen LogP contribution in [-0.2, 0) is 18.0 Å². The molecule has 0 atom stereocenters. The molecular weight excluding hydrogens is 240 g/mol. The van der Waals surface area contributed by atoms with Crippen LogP contribution in [-0.4, -0.2) is 19.5 Å². The van der Waals surface area contributed by atoms with Crippen LogP contribution in [0.15, 0.2) is 43.1 Å². The first-order valence-electron chi connectivity index (χ1n) is 6.14. The van der Waals surface area contributed by atoms with Gasteiger partial charge in [0.05, 0.1) is 25.7 Å². The summed E-state index contributed by atoms with van der Waals surface area (Å²) >= 11 is 0. The van der Waals surface area contributed by atoms with Crippen LogP contribution in [0.3, 0.4) is 0 Å². The van der Waals surface area contributed by atoms with Gasteiger partial charge in [-0.3, -0.25) is 4.57 Å². The number of hydrogen-bond acceptors (Lipinski definition) is 3. The number of nitrogens with zero attached hydrogens (tertiary/aromatic N) is 3. The van der Waals surface area contributed by atoms with Gasteiger partial charge in [-0.1, -0.05) is 6.07 Å². The fourth-order valence-electron chi connectivity index (χ4n) is 2.40. The number of fused-ring (bicyclic) bond motifs is 1. The Hall–Kier alpha value is -2.40. The van der Waals surface area contributed by atoms with E-state index in [1.807, 2.05) is 10.8 Å². The summed E-state index contributed by atoms with van der Waals surface area (Å²) in [6.07, 6.45) is 7.17. The zero-order valence-corrected chi connectivity index (χ0v) is 10.2. The van der Waals surface area contributed by atoms with Crippen molar-refractivity contribution >= 4 is 0 Å². The van der Waals surface area contributed by atoms with E-state index in [4.69, 9.17) is 4.74 Å². The molecule has 0 aliphatic carbocycles. The SMILES string of the molecule is c1cn(-c2ccc3c(c2)COC3)c(-c2cnc[nH]2)n1. The van der Waals surface area contributed by atoms with Crippen LogP contribution in [0, 0.1) is 0 Å². The summed E-state index contributed by atoms with van der Waals surface area (Å²) in [6.45, 7) is 1.41. The normalized spacial score (nSPS) is 13.7. The molecule has 4 rings (SSSR count). The molecule has 0 radical (unpaired) electrons. The number of rotatable bonds is 2. The van der Waals surface area contributed by atoms with Gasteiger partial charge in [0.1, 0.15) is 5.69 Å². The smallest absolute Gasteiger partial charge is 0.162 e. The molecule has 0 saturated carbocycles. The van der Waals surface area contributed by atoms with Crippen molar-refractivity contribution in [2.24, 2.45) is 0 Å². The van der Waals surface area contributed by atoms with Gasteiger partial charge in [0.25, 0.3) is 0 Å². The minimum Gasteiger partial charge on any atom is -0.372 e. The molecule has 0 fully saturated rings. The molecule has 94 valence electrons. The molecular formula is C14H12N4O. The summed E-state index contributed by atoms with van der Waals surface area (Å²) in [5, 5.41) is 0. The molecule has 0 spiro atoms. The van der Waals surface area contributed by atoms with Crippen LogP contribution in [0.5, 0.6) is 0 Å². The number of nitrogens with one attached hydrogen (secondary N) is 1. The van der Waals surface area contributed by atoms with Crippen LogP contribution < -0.4 is 0 Å². The van der Waals surface area contributed by atoms with E-state index in [9.17, 15) is 0 Å². The Morgan fingerprint density at radius 3 is 3.05 bits per heavy atom. The molecule has 2 aromatic heterocycles. The minimum absolute atomic E-state index is 0.692. The fraction of sp³-hybridized carbons (Fsp3) is 0.143. The van der Waals surface area contributed by atoms with E-state index < -0.39 is 0 Å². The number of H-pyrrole nitrogens is 1. The molecule has 3 heterocycles. The molecule has 0 amide bonds. The maximum atomic E-state index is 5.45. The highest BCUT2D eigenvalue weighted by molar-refractivity contribution is 5.54. The van der Waals surface area contributed by atoms with Gasteiger partial charge in [0.15, 0.2) is 5.82 Å². The summed E-state index contributed by atoms with van der Waals surface area (Å²) in [4.78, 5) is 11.5. The lowest BCUT2D eigenvalue weighted by Crippen LogP contribution is -1.97. The van der Waals surface area contributed by atoms with Crippen molar-refractivity contribution in [3.05, 3.63) is 54.2 Å². The third-order valence-electron chi connectivity index (χ3n) is 3.36. The van der Waals surface area contributed by atoms with Crippen molar-refractivity contribution in [1.29, 1.82) is 0 Å². The lowest BCUT2D eigenvalue weighted by atomic mass is 10.1. The Morgan fingerprint density at radius 2 is 2.16 bits per heavy atom. The Labute approximate surface area is 109 Å². The lowest BCUT2D eigenvalue weighted by molar-refractivity contribution is 0.134. The summed E-state index contributed by atoms with van der Waals surface area (Å²) in [7, 11) is 0. The standard InChI is InChI=1S/C14H12N4O/c1-2-12(5-11-8-19-7-10(1)11)18-4-3-16-14(18)13-6-15-9-17-13/h1-6,9H,7-8H2,(H,15,17). The molecule has 3 aromatic rings. The predicted octanol–water partition coefficient (Wildman–Crippen LogP) is 2.29. The predicted molar refractivity (Wildman–Crippen MR) is 69.6 cm³/mol. The number of hydrogen-bond donors (Lipinski definition) is 1. The van der Waals surface area contributed by atoms with Gasteiger partial charge in [-0.2, -0.15) is 0 Å². The van der Waals surface area contributed by atoms with Gasteiger partial charge in [-0.25, -0.2) is 9.97 Å². The molecule has 1 aliphatic heterocycles. The van der Waals surface area contributed by atoms with Crippen molar-refractivity contribution in [1.82, 2.24) is 19.5 Å². The molecule has 1 N–H and O–H groups in total. The van der Waals surface area contributed by atoms with E-state index in [1.165, 1.54) is 11.1 Å². The third-order valence-corrected chi connectivity index (χ3v) is 3.36. The van der Waals surface area contributed by atoms with E-state index >= 15 is 0 Å². The molecule has 1 aromatic carbocycles. The quantitative estimate of drug-likeness (QED) is 0.761. The molecule has 19 heavy (non-hydrogen) atoms. The van der Waals surface area contributed by atoms with Gasteiger partial charge in [-0.05, 0) is 23.3 Å². The second kappa shape index (κ2) is 4.07. The first-order chi connectivity index (χ1) is 9.42. The molecule has 0 bridgehead atoms. The molecule has 5 nitrogen and oxygen atoms in total. The summed E-state index contributed by atoms with van der Waals surface area (Å²) in [5.41, 5.74) is 4.52. The monoisotopic (exact) mass is 252 g/mol. The number of benzene rings is 1. The second-order valence-corrected chi connectivity index (χ2v) is 4.53. The Kier molecular flexibility index (Phi) is 2.25. The van der Waals surface area contributed by atoms with Gasteiger partial charge >= 0.3 is 0 Å². The topological polar surface area (TPSA) is 55.7 Å². The molecule has 0 saturated heterocycles. The van der Waals surface area contributed by atoms with Gasteiger partial charge in [0, 0.05) is 18.1 Å². The summed E-state index contributed by atoms with van der Waals surface area (Å²) in [5.74, 6) is 0.858. The number of aromatic amines is 1. The van der Waals surface area contributed by atoms with Crippen LogP contribution in [0.1, 0.15) is 11.1 Å². The van der Waals surface area contributed by atoms with Crippen molar-refractivity contribution < 1.29 is 4.74 Å². The van der Waals surface area contributed by atoms with Crippen molar-refractivity contribution in [3.8, 4) is 17.2 Å². The largest absolute Gasteiger partial charge is 0.372 e. The molecule has 5 heteroatoms. The first-order valence-corrected chi connectivity index (χ1v) is 6.14. The zero-order valence-electron chi connectivity index (χ0n) is 10.2. The molecule has 0 unspecified atom stereocenters. The van der Waals surface area contributed by atoms with Gasteiger partial charge in [-0.15, -0.1) is 0 Å². The highest BCUT2D eigenvalue weighted by Crippen LogP contribution is 2.25. The third kappa shape index (κ3) is 1.67. The van der Waals surface area contributed by atoms with Crippen molar-refractivity contribution in [2.75, 3.05) is 0 Å². The Bertz CT molecular complexity index is 715. The zero-order chi connectivity index (χ0) is 12.7.